The van der Waals surface area contributed by atoms with E-state index in [1.54, 1.807) is 19.0 Å². The Hall–Kier alpha value is -1.53. The van der Waals surface area contributed by atoms with E-state index < -0.39 is 17.7 Å². The predicted octanol–water partition coefficient (Wildman–Crippen LogP) is 1.55. The summed E-state index contributed by atoms with van der Waals surface area (Å²) in [4.78, 5) is 15.4. The number of β-amino-alcohol motifs (C(OH)–C–C–N with tert-alkyl or cyclic N) is 1. The molecule has 1 aromatic rings. The van der Waals surface area contributed by atoms with Gasteiger partial charge in [-0.1, -0.05) is 6.07 Å². The van der Waals surface area contributed by atoms with E-state index in [1.165, 1.54) is 11.0 Å². The predicted molar refractivity (Wildman–Crippen MR) is 74.6 cm³/mol. The summed E-state index contributed by atoms with van der Waals surface area (Å²) >= 11 is 0. The second-order valence-corrected chi connectivity index (χ2v) is 5.54. The van der Waals surface area contributed by atoms with E-state index in [1.807, 2.05) is 0 Å². The van der Waals surface area contributed by atoms with Gasteiger partial charge in [-0.25, -0.2) is 8.78 Å². The molecule has 0 radical (unpaired) electrons. The lowest BCUT2D eigenvalue weighted by Gasteiger charge is -2.28. The van der Waals surface area contributed by atoms with Crippen molar-refractivity contribution in [2.24, 2.45) is 0 Å². The van der Waals surface area contributed by atoms with Gasteiger partial charge in [-0.05, 0) is 31.5 Å². The first-order valence-electron chi connectivity index (χ1n) is 6.99. The van der Waals surface area contributed by atoms with Crippen LogP contribution in [0.5, 0.6) is 0 Å². The first kappa shape index (κ1) is 15.9. The van der Waals surface area contributed by atoms with Gasteiger partial charge in [-0.15, -0.1) is 0 Å². The van der Waals surface area contributed by atoms with Gasteiger partial charge in [-0.2, -0.15) is 0 Å². The molecule has 2 unspecified atom stereocenters. The minimum absolute atomic E-state index is 0.0437. The normalized spacial score (nSPS) is 20.5. The first-order chi connectivity index (χ1) is 9.91. The fraction of sp³-hybridized carbons (Fsp3) is 0.533. The van der Waals surface area contributed by atoms with Crippen LogP contribution in [0.2, 0.25) is 0 Å². The molecule has 1 heterocycles. The fourth-order valence-electron chi connectivity index (χ4n) is 2.76. The second-order valence-electron chi connectivity index (χ2n) is 5.54. The van der Waals surface area contributed by atoms with Crippen LogP contribution in [-0.2, 0) is 4.79 Å². The number of halogens is 2. The highest BCUT2D eigenvalue weighted by Gasteiger charge is 2.33. The van der Waals surface area contributed by atoms with Crippen LogP contribution in [0.3, 0.4) is 0 Å². The summed E-state index contributed by atoms with van der Waals surface area (Å²) in [5.41, 5.74) is -0.333. The molecule has 2 rings (SSSR count). The molecule has 4 nitrogen and oxygen atoms in total. The van der Waals surface area contributed by atoms with Gasteiger partial charge in [0.05, 0.1) is 17.7 Å². The van der Waals surface area contributed by atoms with Crippen LogP contribution in [0, 0.1) is 11.6 Å². The van der Waals surface area contributed by atoms with Crippen molar-refractivity contribution >= 4 is 5.91 Å². The number of amides is 1. The molecule has 1 N–H and O–H groups in total. The average Bonchev–Trinajstić information content (AvgIpc) is 2.85. The number of aliphatic hydroxyl groups is 1. The number of carbonyl (C=O) groups excluding carboxylic acids is 1. The summed E-state index contributed by atoms with van der Waals surface area (Å²) in [7, 11) is 3.34. The molecule has 0 spiro atoms. The third-order valence-corrected chi connectivity index (χ3v) is 3.83. The second kappa shape index (κ2) is 6.49. The average molecular weight is 298 g/mol. The zero-order valence-electron chi connectivity index (χ0n) is 12.2. The largest absolute Gasteiger partial charge is 0.387 e. The number of hydrogen-bond acceptors (Lipinski definition) is 3. The van der Waals surface area contributed by atoms with Gasteiger partial charge in [0.2, 0.25) is 5.91 Å². The van der Waals surface area contributed by atoms with Gasteiger partial charge in [0, 0.05) is 20.6 Å². The standard InChI is InChI=1S/C15H20F2N2O2/c1-18(2)15(21)12-7-4-8-19(12)9-13(20)14-10(16)5-3-6-11(14)17/h3,5-6,12-13,20H,4,7-9H2,1-2H3. The number of likely N-dealkylation sites (N-methyl/N-ethyl adjacent to an activating group) is 1. The van der Waals surface area contributed by atoms with Crippen LogP contribution >= 0.6 is 0 Å². The van der Waals surface area contributed by atoms with Gasteiger partial charge in [-0.3, -0.25) is 9.69 Å². The van der Waals surface area contributed by atoms with E-state index in [-0.39, 0.29) is 24.1 Å². The van der Waals surface area contributed by atoms with Crippen LogP contribution < -0.4 is 0 Å². The van der Waals surface area contributed by atoms with E-state index in [0.717, 1.165) is 18.6 Å². The lowest BCUT2D eigenvalue weighted by Crippen LogP contribution is -2.44. The summed E-state index contributed by atoms with van der Waals surface area (Å²) < 4.78 is 27.3. The minimum Gasteiger partial charge on any atom is -0.387 e. The van der Waals surface area contributed by atoms with Crippen LogP contribution in [0.15, 0.2) is 18.2 Å². The molecule has 1 aliphatic rings. The molecular formula is C15H20F2N2O2. The van der Waals surface area contributed by atoms with Crippen LogP contribution in [0.25, 0.3) is 0 Å². The summed E-state index contributed by atoms with van der Waals surface area (Å²) in [6.45, 7) is 0.680. The van der Waals surface area contributed by atoms with E-state index in [0.29, 0.717) is 13.0 Å². The molecule has 1 fully saturated rings. The summed E-state index contributed by atoms with van der Waals surface area (Å²) in [5.74, 6) is -1.58. The third kappa shape index (κ3) is 3.39. The van der Waals surface area contributed by atoms with Crippen molar-refractivity contribution in [1.82, 2.24) is 9.80 Å². The lowest BCUT2D eigenvalue weighted by atomic mass is 10.1. The van der Waals surface area contributed by atoms with Crippen molar-refractivity contribution in [3.63, 3.8) is 0 Å². The van der Waals surface area contributed by atoms with Gasteiger partial charge in [0.15, 0.2) is 0 Å². The van der Waals surface area contributed by atoms with E-state index in [4.69, 9.17) is 0 Å². The highest BCUT2D eigenvalue weighted by atomic mass is 19.1. The van der Waals surface area contributed by atoms with Crippen molar-refractivity contribution in [2.75, 3.05) is 27.2 Å². The van der Waals surface area contributed by atoms with Crippen LogP contribution in [-0.4, -0.2) is 54.0 Å². The molecule has 0 aromatic heterocycles. The maximum absolute atomic E-state index is 13.7. The zero-order chi connectivity index (χ0) is 15.6. The van der Waals surface area contributed by atoms with Crippen LogP contribution in [0.1, 0.15) is 24.5 Å². The Bertz CT molecular complexity index is 502. The number of carbonyl (C=O) groups is 1. The number of nitrogens with zero attached hydrogens (tertiary/aromatic N) is 2. The van der Waals surface area contributed by atoms with Crippen LogP contribution in [0.4, 0.5) is 8.78 Å². The maximum Gasteiger partial charge on any atom is 0.239 e. The van der Waals surface area contributed by atoms with Crippen molar-refractivity contribution in [1.29, 1.82) is 0 Å². The molecule has 1 aliphatic heterocycles. The first-order valence-corrected chi connectivity index (χ1v) is 6.99. The molecule has 1 saturated heterocycles. The molecule has 116 valence electrons. The molecule has 0 aliphatic carbocycles. The Balaban J connectivity index is 2.12. The quantitative estimate of drug-likeness (QED) is 0.917. The monoisotopic (exact) mass is 298 g/mol. The maximum atomic E-state index is 13.7. The van der Waals surface area contributed by atoms with Crippen molar-refractivity contribution < 1.29 is 18.7 Å². The summed E-state index contributed by atoms with van der Waals surface area (Å²) in [5, 5.41) is 10.1. The molecule has 1 aromatic carbocycles. The van der Waals surface area contributed by atoms with Gasteiger partial charge in [0.1, 0.15) is 11.6 Å². The van der Waals surface area contributed by atoms with Gasteiger partial charge in [0.25, 0.3) is 0 Å². The smallest absolute Gasteiger partial charge is 0.239 e. The summed E-state index contributed by atoms with van der Waals surface area (Å²) in [6, 6.07) is 3.17. The molecule has 6 heteroatoms. The molecular weight excluding hydrogens is 278 g/mol. The Morgan fingerprint density at radius 1 is 1.43 bits per heavy atom. The number of benzene rings is 1. The van der Waals surface area contributed by atoms with E-state index in [9.17, 15) is 18.7 Å². The summed E-state index contributed by atoms with van der Waals surface area (Å²) in [6.07, 6.45) is 0.238. The van der Waals surface area contributed by atoms with Gasteiger partial charge < -0.3 is 10.0 Å². The molecule has 0 saturated carbocycles. The molecule has 21 heavy (non-hydrogen) atoms. The third-order valence-electron chi connectivity index (χ3n) is 3.83. The van der Waals surface area contributed by atoms with E-state index >= 15 is 0 Å². The number of likely N-dealkylation sites (tertiary alicyclic amines) is 1. The Morgan fingerprint density at radius 2 is 2.05 bits per heavy atom. The Morgan fingerprint density at radius 3 is 2.62 bits per heavy atom. The lowest BCUT2D eigenvalue weighted by molar-refractivity contribution is -0.133. The minimum atomic E-state index is -1.29. The highest BCUT2D eigenvalue weighted by molar-refractivity contribution is 5.81. The van der Waals surface area contributed by atoms with Crippen molar-refractivity contribution in [3.05, 3.63) is 35.4 Å². The number of aliphatic hydroxyl groups excluding tert-OH is 1. The Kier molecular flexibility index (Phi) is 4.90. The molecule has 2 atom stereocenters. The topological polar surface area (TPSA) is 43.8 Å². The SMILES string of the molecule is CN(C)C(=O)C1CCCN1CC(O)c1c(F)cccc1F. The number of rotatable bonds is 4. The Labute approximate surface area is 123 Å². The van der Waals surface area contributed by atoms with Gasteiger partial charge >= 0.3 is 0 Å². The van der Waals surface area contributed by atoms with E-state index in [2.05, 4.69) is 0 Å². The highest BCUT2D eigenvalue weighted by Crippen LogP contribution is 2.26. The van der Waals surface area contributed by atoms with Crippen molar-refractivity contribution in [3.8, 4) is 0 Å². The molecule has 1 amide bonds. The zero-order valence-corrected chi connectivity index (χ0v) is 12.2. The fourth-order valence-corrected chi connectivity index (χ4v) is 2.76. The van der Waals surface area contributed by atoms with Crippen molar-refractivity contribution in [2.45, 2.75) is 25.0 Å². The number of hydrogen-bond donors (Lipinski definition) is 1. The molecule has 0 bridgehead atoms.